The lowest BCUT2D eigenvalue weighted by Gasteiger charge is -2.29. The van der Waals surface area contributed by atoms with Crippen LogP contribution in [0.2, 0.25) is 0 Å². The highest BCUT2D eigenvalue weighted by atomic mass is 79.9. The van der Waals surface area contributed by atoms with E-state index in [1.54, 1.807) is 13.8 Å². The highest BCUT2D eigenvalue weighted by Gasteiger charge is 2.49. The van der Waals surface area contributed by atoms with E-state index in [0.29, 0.717) is 12.8 Å². The van der Waals surface area contributed by atoms with Crippen molar-refractivity contribution in [3.63, 3.8) is 0 Å². The number of aryl methyl sites for hydroxylation is 1. The van der Waals surface area contributed by atoms with Gasteiger partial charge < -0.3 is 0 Å². The van der Waals surface area contributed by atoms with Gasteiger partial charge in [0, 0.05) is 11.0 Å². The van der Waals surface area contributed by atoms with Crippen LogP contribution < -0.4 is 5.43 Å². The van der Waals surface area contributed by atoms with Gasteiger partial charge in [0.25, 0.3) is 0 Å². The minimum Gasteiger partial charge on any atom is -0.288 e. The van der Waals surface area contributed by atoms with Gasteiger partial charge in [0.15, 0.2) is 0 Å². The van der Waals surface area contributed by atoms with Crippen molar-refractivity contribution in [1.82, 2.24) is 10.4 Å². The highest BCUT2D eigenvalue weighted by Crippen LogP contribution is 2.33. The summed E-state index contributed by atoms with van der Waals surface area (Å²) in [6, 6.07) is 5.89. The zero-order chi connectivity index (χ0) is 17.3. The van der Waals surface area contributed by atoms with E-state index in [0.717, 1.165) is 15.0 Å². The van der Waals surface area contributed by atoms with Gasteiger partial charge in [-0.1, -0.05) is 28.1 Å². The number of halogens is 4. The molecule has 0 radical (unpaired) electrons. The largest absolute Gasteiger partial charge is 0.405 e. The van der Waals surface area contributed by atoms with Crippen LogP contribution in [0.3, 0.4) is 0 Å². The number of carbonyl (C=O) groups is 1. The van der Waals surface area contributed by atoms with Crippen molar-refractivity contribution in [2.75, 3.05) is 6.54 Å². The van der Waals surface area contributed by atoms with Crippen LogP contribution in [0.4, 0.5) is 13.2 Å². The van der Waals surface area contributed by atoms with Gasteiger partial charge in [-0.15, -0.1) is 0 Å². The number of carbonyl (C=O) groups excluding carboxylic acids is 1. The molecule has 0 spiro atoms. The second-order valence-electron chi connectivity index (χ2n) is 6.53. The molecule has 1 aromatic carbocycles. The molecular weight excluding hydrogens is 373 g/mol. The summed E-state index contributed by atoms with van der Waals surface area (Å²) in [5.74, 6) is -0.361. The van der Waals surface area contributed by atoms with Gasteiger partial charge in [-0.2, -0.15) is 13.2 Å². The highest BCUT2D eigenvalue weighted by molar-refractivity contribution is 9.10. The minimum atomic E-state index is -4.37. The average Bonchev–Trinajstić information content (AvgIpc) is 2.69. The number of benzene rings is 1. The monoisotopic (exact) mass is 392 g/mol. The van der Waals surface area contributed by atoms with Crippen LogP contribution in [0.15, 0.2) is 28.7 Å². The molecule has 1 heterocycles. The predicted octanol–water partition coefficient (Wildman–Crippen LogP) is 4.08. The fourth-order valence-electron chi connectivity index (χ4n) is 2.65. The molecule has 0 saturated carbocycles. The van der Waals surface area contributed by atoms with E-state index in [-0.39, 0.29) is 18.9 Å². The Morgan fingerprint density at radius 2 is 1.91 bits per heavy atom. The molecule has 2 rings (SSSR count). The van der Waals surface area contributed by atoms with Crippen molar-refractivity contribution in [3.8, 4) is 0 Å². The van der Waals surface area contributed by atoms with E-state index in [1.165, 1.54) is 0 Å². The molecule has 1 aliphatic heterocycles. The summed E-state index contributed by atoms with van der Waals surface area (Å²) in [6.07, 6.45) is -3.44. The Labute approximate surface area is 142 Å². The molecule has 1 aliphatic rings. The van der Waals surface area contributed by atoms with E-state index in [1.807, 2.05) is 24.3 Å². The van der Waals surface area contributed by atoms with Gasteiger partial charge in [-0.05, 0) is 50.8 Å². The summed E-state index contributed by atoms with van der Waals surface area (Å²) >= 11 is 3.33. The van der Waals surface area contributed by atoms with Crippen LogP contribution in [0.1, 0.15) is 32.3 Å². The molecule has 7 heteroatoms. The Bertz CT molecular complexity index is 557. The topological polar surface area (TPSA) is 32.3 Å². The Kier molecular flexibility index (Phi) is 5.41. The average molecular weight is 393 g/mol. The summed E-state index contributed by atoms with van der Waals surface area (Å²) in [5.41, 5.74) is 2.58. The summed E-state index contributed by atoms with van der Waals surface area (Å²) in [7, 11) is 0. The Balaban J connectivity index is 1.97. The molecule has 1 fully saturated rings. The Morgan fingerprint density at radius 1 is 1.30 bits per heavy atom. The first-order chi connectivity index (χ1) is 10.6. The third-order valence-corrected chi connectivity index (χ3v) is 4.56. The van der Waals surface area contributed by atoms with Crippen molar-refractivity contribution in [2.24, 2.45) is 5.41 Å². The first-order valence-electron chi connectivity index (χ1n) is 7.48. The Hall–Kier alpha value is -1.08. The number of amides is 1. The molecule has 0 aliphatic carbocycles. The Morgan fingerprint density at radius 3 is 2.39 bits per heavy atom. The molecule has 128 valence electrons. The predicted molar refractivity (Wildman–Crippen MR) is 85.6 cm³/mol. The van der Waals surface area contributed by atoms with E-state index in [2.05, 4.69) is 21.4 Å². The summed E-state index contributed by atoms with van der Waals surface area (Å²) in [4.78, 5) is 11.7. The molecule has 3 nitrogen and oxygen atoms in total. The molecule has 1 amide bonds. The van der Waals surface area contributed by atoms with E-state index < -0.39 is 17.6 Å². The van der Waals surface area contributed by atoms with Crippen LogP contribution in [0, 0.1) is 5.41 Å². The number of alkyl halides is 3. The number of hydrazine groups is 1. The van der Waals surface area contributed by atoms with Gasteiger partial charge in [0.1, 0.15) is 6.04 Å². The molecule has 1 atom stereocenters. The quantitative estimate of drug-likeness (QED) is 0.818. The molecule has 1 unspecified atom stereocenters. The lowest BCUT2D eigenvalue weighted by molar-refractivity contribution is -0.190. The number of hydrogen-bond donors (Lipinski definition) is 1. The van der Waals surface area contributed by atoms with Gasteiger partial charge >= 0.3 is 6.18 Å². The molecule has 1 aromatic rings. The molecular formula is C16H20BrF3N2O. The molecule has 1 N–H and O–H groups in total. The maximum atomic E-state index is 13.3. The zero-order valence-corrected chi connectivity index (χ0v) is 14.7. The van der Waals surface area contributed by atoms with E-state index in [4.69, 9.17) is 0 Å². The molecule has 1 saturated heterocycles. The van der Waals surface area contributed by atoms with Crippen LogP contribution >= 0.6 is 15.9 Å². The second-order valence-corrected chi connectivity index (χ2v) is 7.44. The first kappa shape index (κ1) is 18.3. The summed E-state index contributed by atoms with van der Waals surface area (Å²) < 4.78 is 40.9. The SMILES string of the molecule is CC1(C)CN(C(CCCc2ccc(Br)cc2)C(F)(F)F)NC1=O. The van der Waals surface area contributed by atoms with Crippen LogP contribution in [0.5, 0.6) is 0 Å². The number of hydrogen-bond acceptors (Lipinski definition) is 2. The van der Waals surface area contributed by atoms with Gasteiger partial charge in [-0.25, -0.2) is 5.01 Å². The second kappa shape index (κ2) is 6.81. The lowest BCUT2D eigenvalue weighted by atomic mass is 9.94. The fourth-order valence-corrected chi connectivity index (χ4v) is 2.92. The van der Waals surface area contributed by atoms with Crippen molar-refractivity contribution < 1.29 is 18.0 Å². The van der Waals surface area contributed by atoms with Crippen LogP contribution in [-0.2, 0) is 11.2 Å². The number of nitrogens with zero attached hydrogens (tertiary/aromatic N) is 1. The number of nitrogens with one attached hydrogen (secondary N) is 1. The van der Waals surface area contributed by atoms with Crippen LogP contribution in [0.25, 0.3) is 0 Å². The third-order valence-electron chi connectivity index (χ3n) is 4.04. The maximum absolute atomic E-state index is 13.3. The van der Waals surface area contributed by atoms with E-state index in [9.17, 15) is 18.0 Å². The summed E-state index contributed by atoms with van der Waals surface area (Å²) in [5, 5.41) is 1.05. The molecule has 23 heavy (non-hydrogen) atoms. The standard InChI is InChI=1S/C16H20BrF3N2O/c1-15(2)10-22(21-14(15)23)13(16(18,19)20)5-3-4-11-6-8-12(17)9-7-11/h6-9,13H,3-5,10H2,1-2H3,(H,21,23). The van der Waals surface area contributed by atoms with E-state index >= 15 is 0 Å². The number of rotatable bonds is 5. The van der Waals surface area contributed by atoms with Crippen molar-refractivity contribution in [3.05, 3.63) is 34.3 Å². The maximum Gasteiger partial charge on any atom is 0.405 e. The van der Waals surface area contributed by atoms with Gasteiger partial charge in [0.05, 0.1) is 5.41 Å². The molecule has 0 bridgehead atoms. The van der Waals surface area contributed by atoms with Crippen molar-refractivity contribution in [2.45, 2.75) is 45.3 Å². The van der Waals surface area contributed by atoms with Gasteiger partial charge in [-0.3, -0.25) is 10.2 Å². The van der Waals surface area contributed by atoms with Crippen LogP contribution in [-0.4, -0.2) is 29.7 Å². The molecule has 0 aromatic heterocycles. The smallest absolute Gasteiger partial charge is 0.288 e. The first-order valence-corrected chi connectivity index (χ1v) is 8.28. The van der Waals surface area contributed by atoms with Crippen molar-refractivity contribution >= 4 is 21.8 Å². The van der Waals surface area contributed by atoms with Gasteiger partial charge in [0.2, 0.25) is 5.91 Å². The fraction of sp³-hybridized carbons (Fsp3) is 0.562. The lowest BCUT2D eigenvalue weighted by Crippen LogP contribution is -2.50. The zero-order valence-electron chi connectivity index (χ0n) is 13.1. The third kappa shape index (κ3) is 4.70. The normalized spacial score (nSPS) is 19.7. The summed E-state index contributed by atoms with van der Waals surface area (Å²) in [6.45, 7) is 3.36. The van der Waals surface area contributed by atoms with Crippen molar-refractivity contribution in [1.29, 1.82) is 0 Å². The minimum absolute atomic E-state index is 0.0457.